The molecule has 1 aromatic heterocycles. The lowest BCUT2D eigenvalue weighted by atomic mass is 10.1. The molecule has 4 rings (SSSR count). The third kappa shape index (κ3) is 4.95. The molecule has 0 saturated heterocycles. The molecule has 0 saturated carbocycles. The molecule has 0 fully saturated rings. The fourth-order valence-electron chi connectivity index (χ4n) is 3.98. The normalized spacial score (nSPS) is 10.9. The van der Waals surface area contributed by atoms with Crippen LogP contribution in [0.1, 0.15) is 27.3 Å². The number of hydrogen-bond acceptors (Lipinski definition) is 3. The van der Waals surface area contributed by atoms with Crippen molar-refractivity contribution < 1.29 is 9.59 Å². The summed E-state index contributed by atoms with van der Waals surface area (Å²) < 4.78 is 1.94. The number of para-hydroxylation sites is 3. The number of imidazole rings is 1. The number of anilines is 1. The number of amides is 2. The van der Waals surface area contributed by atoms with E-state index in [0.717, 1.165) is 33.7 Å². The number of fused-ring (bicyclic) bond motifs is 1. The quantitative estimate of drug-likeness (QED) is 0.466. The predicted molar refractivity (Wildman–Crippen MR) is 132 cm³/mol. The summed E-state index contributed by atoms with van der Waals surface area (Å²) in [7, 11) is 1.78. The number of hydrogen-bond donors (Lipinski definition) is 1. The molecule has 2 amide bonds. The van der Waals surface area contributed by atoms with Crippen molar-refractivity contribution in [2.24, 2.45) is 0 Å². The van der Waals surface area contributed by atoms with E-state index in [-0.39, 0.29) is 18.4 Å². The Hall–Kier alpha value is -3.93. The van der Waals surface area contributed by atoms with Crippen molar-refractivity contribution in [3.63, 3.8) is 0 Å². The molecule has 0 bridgehead atoms. The number of carbonyl (C=O) groups is 2. The number of aromatic nitrogens is 2. The number of benzene rings is 3. The summed E-state index contributed by atoms with van der Waals surface area (Å²) in [6.07, 6.45) is 0.521. The number of carbonyl (C=O) groups excluding carboxylic acids is 2. The molecular weight excluding hydrogens is 412 g/mol. The molecule has 0 spiro atoms. The van der Waals surface area contributed by atoms with Crippen molar-refractivity contribution in [3.8, 4) is 0 Å². The van der Waals surface area contributed by atoms with Crippen LogP contribution in [-0.2, 0) is 17.8 Å². The second-order valence-corrected chi connectivity index (χ2v) is 8.22. The molecule has 33 heavy (non-hydrogen) atoms. The van der Waals surface area contributed by atoms with Gasteiger partial charge in [-0.25, -0.2) is 4.98 Å². The SMILES string of the molecule is Cc1ccc(C(=O)NCCc2nc3ccccc3n2CC(=O)N(C)c2ccccc2)c(C)c1. The predicted octanol–water partition coefficient (Wildman–Crippen LogP) is 4.29. The smallest absolute Gasteiger partial charge is 0.251 e. The average molecular weight is 441 g/mol. The molecule has 0 aliphatic heterocycles. The minimum absolute atomic E-state index is 0.0371. The molecular formula is C27H28N4O2. The molecule has 168 valence electrons. The van der Waals surface area contributed by atoms with Gasteiger partial charge in [0.25, 0.3) is 5.91 Å². The second kappa shape index (κ2) is 9.69. The highest BCUT2D eigenvalue weighted by Crippen LogP contribution is 2.18. The Morgan fingerprint density at radius 2 is 1.70 bits per heavy atom. The Morgan fingerprint density at radius 3 is 2.45 bits per heavy atom. The van der Waals surface area contributed by atoms with Gasteiger partial charge in [-0.2, -0.15) is 0 Å². The van der Waals surface area contributed by atoms with Crippen LogP contribution in [0.25, 0.3) is 11.0 Å². The molecule has 0 aliphatic carbocycles. The molecule has 6 heteroatoms. The number of nitrogens with one attached hydrogen (secondary N) is 1. The Kier molecular flexibility index (Phi) is 6.54. The molecule has 0 radical (unpaired) electrons. The molecule has 3 aromatic carbocycles. The number of nitrogens with zero attached hydrogens (tertiary/aromatic N) is 3. The third-order valence-corrected chi connectivity index (χ3v) is 5.81. The van der Waals surface area contributed by atoms with Crippen LogP contribution in [-0.4, -0.2) is 35.0 Å². The van der Waals surface area contributed by atoms with Gasteiger partial charge < -0.3 is 14.8 Å². The van der Waals surface area contributed by atoms with Crippen LogP contribution in [0.3, 0.4) is 0 Å². The van der Waals surface area contributed by atoms with Crippen molar-refractivity contribution >= 4 is 28.5 Å². The van der Waals surface area contributed by atoms with Gasteiger partial charge in [-0.05, 0) is 49.7 Å². The summed E-state index contributed by atoms with van der Waals surface area (Å²) in [4.78, 5) is 32.1. The van der Waals surface area contributed by atoms with Crippen LogP contribution >= 0.6 is 0 Å². The van der Waals surface area contributed by atoms with E-state index in [9.17, 15) is 9.59 Å². The van der Waals surface area contributed by atoms with Gasteiger partial charge in [-0.3, -0.25) is 9.59 Å². The summed E-state index contributed by atoms with van der Waals surface area (Å²) in [6.45, 7) is 4.55. The lowest BCUT2D eigenvalue weighted by Gasteiger charge is -2.19. The van der Waals surface area contributed by atoms with Crippen LogP contribution in [0.5, 0.6) is 0 Å². The van der Waals surface area contributed by atoms with E-state index in [1.54, 1.807) is 11.9 Å². The third-order valence-electron chi connectivity index (χ3n) is 5.81. The lowest BCUT2D eigenvalue weighted by molar-refractivity contribution is -0.118. The van der Waals surface area contributed by atoms with E-state index in [4.69, 9.17) is 4.98 Å². The number of rotatable bonds is 7. The van der Waals surface area contributed by atoms with E-state index >= 15 is 0 Å². The van der Waals surface area contributed by atoms with Gasteiger partial charge in [0.15, 0.2) is 0 Å². The van der Waals surface area contributed by atoms with Gasteiger partial charge in [-0.15, -0.1) is 0 Å². The van der Waals surface area contributed by atoms with Gasteiger partial charge >= 0.3 is 0 Å². The molecule has 0 unspecified atom stereocenters. The summed E-state index contributed by atoms with van der Waals surface area (Å²) in [5.41, 5.74) is 5.34. The highest BCUT2D eigenvalue weighted by molar-refractivity contribution is 5.95. The maximum Gasteiger partial charge on any atom is 0.251 e. The fourth-order valence-corrected chi connectivity index (χ4v) is 3.98. The Bertz CT molecular complexity index is 1290. The van der Waals surface area contributed by atoms with Gasteiger partial charge in [0, 0.05) is 31.3 Å². The van der Waals surface area contributed by atoms with E-state index in [1.165, 1.54) is 0 Å². The van der Waals surface area contributed by atoms with Crippen LogP contribution in [0.15, 0.2) is 72.8 Å². The minimum Gasteiger partial charge on any atom is -0.352 e. The van der Waals surface area contributed by atoms with Crippen LogP contribution in [0, 0.1) is 13.8 Å². The van der Waals surface area contributed by atoms with Crippen LogP contribution < -0.4 is 10.2 Å². The first-order chi connectivity index (χ1) is 15.9. The van der Waals surface area contributed by atoms with Gasteiger partial charge in [0.1, 0.15) is 12.4 Å². The van der Waals surface area contributed by atoms with Crippen molar-refractivity contribution in [1.82, 2.24) is 14.9 Å². The largest absolute Gasteiger partial charge is 0.352 e. The van der Waals surface area contributed by atoms with Crippen molar-refractivity contribution in [3.05, 3.63) is 95.3 Å². The zero-order valence-corrected chi connectivity index (χ0v) is 19.2. The summed E-state index contributed by atoms with van der Waals surface area (Å²) in [5, 5.41) is 2.99. The second-order valence-electron chi connectivity index (χ2n) is 8.22. The van der Waals surface area contributed by atoms with E-state index in [0.29, 0.717) is 18.5 Å². The van der Waals surface area contributed by atoms with E-state index in [1.807, 2.05) is 91.2 Å². The maximum absolute atomic E-state index is 13.0. The first-order valence-corrected chi connectivity index (χ1v) is 11.1. The Morgan fingerprint density at radius 1 is 0.970 bits per heavy atom. The zero-order chi connectivity index (χ0) is 23.4. The minimum atomic E-state index is -0.102. The van der Waals surface area contributed by atoms with E-state index in [2.05, 4.69) is 5.32 Å². The Balaban J connectivity index is 1.50. The van der Waals surface area contributed by atoms with Gasteiger partial charge in [0.05, 0.1) is 11.0 Å². The van der Waals surface area contributed by atoms with E-state index < -0.39 is 0 Å². The lowest BCUT2D eigenvalue weighted by Crippen LogP contribution is -2.31. The van der Waals surface area contributed by atoms with Crippen molar-refractivity contribution in [1.29, 1.82) is 0 Å². The van der Waals surface area contributed by atoms with Gasteiger partial charge in [-0.1, -0.05) is 48.0 Å². The summed E-state index contributed by atoms with van der Waals surface area (Å²) in [6, 6.07) is 23.2. The molecule has 4 aromatic rings. The summed E-state index contributed by atoms with van der Waals surface area (Å²) in [5.74, 6) is 0.631. The first kappa shape index (κ1) is 22.3. The topological polar surface area (TPSA) is 67.2 Å². The molecule has 1 N–H and O–H groups in total. The van der Waals surface area contributed by atoms with Crippen LogP contribution in [0.2, 0.25) is 0 Å². The first-order valence-electron chi connectivity index (χ1n) is 11.1. The highest BCUT2D eigenvalue weighted by atomic mass is 16.2. The number of likely N-dealkylation sites (N-methyl/N-ethyl adjacent to an activating group) is 1. The highest BCUT2D eigenvalue weighted by Gasteiger charge is 2.17. The van der Waals surface area contributed by atoms with Crippen LogP contribution in [0.4, 0.5) is 5.69 Å². The maximum atomic E-state index is 13.0. The molecule has 1 heterocycles. The fraction of sp³-hybridized carbons (Fsp3) is 0.222. The standard InChI is InChI=1S/C27H28N4O2/c1-19-13-14-22(20(2)17-19)27(33)28-16-15-25-29-23-11-7-8-12-24(23)31(25)18-26(32)30(3)21-9-5-4-6-10-21/h4-14,17H,15-16,18H2,1-3H3,(H,28,33). The van der Waals surface area contributed by atoms with Gasteiger partial charge in [0.2, 0.25) is 5.91 Å². The molecule has 6 nitrogen and oxygen atoms in total. The van der Waals surface area contributed by atoms with Crippen molar-refractivity contribution in [2.45, 2.75) is 26.8 Å². The number of aryl methyl sites for hydroxylation is 2. The Labute approximate surface area is 193 Å². The van der Waals surface area contributed by atoms with Crippen molar-refractivity contribution in [2.75, 3.05) is 18.5 Å². The molecule has 0 atom stereocenters. The zero-order valence-electron chi connectivity index (χ0n) is 19.2. The summed E-state index contributed by atoms with van der Waals surface area (Å²) >= 11 is 0. The molecule has 0 aliphatic rings. The monoisotopic (exact) mass is 440 g/mol. The average Bonchev–Trinajstić information content (AvgIpc) is 3.16.